The van der Waals surface area contributed by atoms with Crippen molar-refractivity contribution >= 4 is 7.12 Å². The Kier molecular flexibility index (Phi) is 2.20. The molecule has 0 aromatic carbocycles. The van der Waals surface area contributed by atoms with Gasteiger partial charge in [-0.2, -0.15) is 0 Å². The number of nitrogens with zero attached hydrogens (tertiary/aromatic N) is 1. The fraction of sp³-hybridized carbons (Fsp3) is 0.875. The molecule has 1 rings (SSSR count). The average Bonchev–Trinajstić information content (AvgIpc) is 2.02. The Balaban J connectivity index is 2.69. The summed E-state index contributed by atoms with van der Waals surface area (Å²) >= 11 is 0. The monoisotopic (exact) mass is 167 g/mol. The maximum absolute atomic E-state index is 6.69. The molecule has 0 bridgehead atoms. The molecule has 4 heteroatoms. The molecule has 1 fully saturated rings. The summed E-state index contributed by atoms with van der Waals surface area (Å²) in [7, 11) is -0.354. The highest BCUT2D eigenvalue weighted by molar-refractivity contribution is 6.46. The maximum atomic E-state index is 6.69. The molecule has 1 aliphatic rings. The zero-order valence-electron chi connectivity index (χ0n) is 8.05. The number of rotatable bonds is 1. The molecule has 0 amide bonds. The minimum absolute atomic E-state index is 0.285. The van der Waals surface area contributed by atoms with Gasteiger partial charge in [0, 0.05) is 0 Å². The predicted octanol–water partition coefficient (Wildman–Crippen LogP) is 1.54. The molecule has 0 spiro atoms. The van der Waals surface area contributed by atoms with E-state index in [4.69, 9.17) is 15.9 Å². The minimum Gasteiger partial charge on any atom is -0.398 e. The topological polar surface area (TPSA) is 22.8 Å². The Morgan fingerprint density at radius 2 is 1.58 bits per heavy atom. The summed E-state index contributed by atoms with van der Waals surface area (Å²) < 4.78 is 11.1. The van der Waals surface area contributed by atoms with E-state index in [1.165, 1.54) is 0 Å². The van der Waals surface area contributed by atoms with Crippen molar-refractivity contribution in [3.05, 3.63) is 11.4 Å². The lowest BCUT2D eigenvalue weighted by Gasteiger charge is -2.32. The second-order valence-electron chi connectivity index (χ2n) is 4.03. The van der Waals surface area contributed by atoms with Crippen LogP contribution >= 0.6 is 0 Å². The Bertz CT molecular complexity index is 204. The summed E-state index contributed by atoms with van der Waals surface area (Å²) in [4.78, 5) is 3.25. The first-order valence-corrected chi connectivity index (χ1v) is 4.08. The molecule has 0 atom stereocenters. The van der Waals surface area contributed by atoms with Gasteiger partial charge in [-0.1, -0.05) is 0 Å². The second kappa shape index (κ2) is 2.76. The molecule has 0 aromatic heterocycles. The van der Waals surface area contributed by atoms with Gasteiger partial charge in [-0.15, -0.1) is 0 Å². The van der Waals surface area contributed by atoms with E-state index in [1.807, 2.05) is 27.7 Å². The molecule has 1 heterocycles. The first-order valence-electron chi connectivity index (χ1n) is 4.08. The summed E-state index contributed by atoms with van der Waals surface area (Å²) in [6.07, 6.45) is 0.285. The zero-order chi connectivity index (χ0) is 9.41. The quantitative estimate of drug-likeness (QED) is 0.436. The van der Waals surface area contributed by atoms with E-state index in [-0.39, 0.29) is 24.8 Å². The predicted molar refractivity (Wildman–Crippen MR) is 47.6 cm³/mol. The Labute approximate surface area is 74.0 Å². The van der Waals surface area contributed by atoms with Crippen LogP contribution in [-0.4, -0.2) is 24.8 Å². The van der Waals surface area contributed by atoms with E-state index < -0.39 is 0 Å². The van der Waals surface area contributed by atoms with E-state index in [1.54, 1.807) is 0 Å². The molecule has 1 aliphatic heterocycles. The van der Waals surface area contributed by atoms with Gasteiger partial charge in [0.15, 0.2) is 0 Å². The fourth-order valence-electron chi connectivity index (χ4n) is 1.11. The summed E-state index contributed by atoms with van der Waals surface area (Å²) in [5.41, 5.74) is -0.606. The average molecular weight is 167 g/mol. The van der Waals surface area contributed by atoms with Crippen molar-refractivity contribution in [2.24, 2.45) is 0 Å². The van der Waals surface area contributed by atoms with Gasteiger partial charge < -0.3 is 14.2 Å². The van der Waals surface area contributed by atoms with Gasteiger partial charge in [0.1, 0.15) is 0 Å². The van der Waals surface area contributed by atoms with Crippen LogP contribution in [0.15, 0.2) is 0 Å². The van der Waals surface area contributed by atoms with Gasteiger partial charge in [-0.05, 0) is 27.7 Å². The zero-order valence-corrected chi connectivity index (χ0v) is 8.05. The summed E-state index contributed by atoms with van der Waals surface area (Å²) in [6, 6.07) is 0. The highest BCUT2D eigenvalue weighted by Gasteiger charge is 2.52. The maximum Gasteiger partial charge on any atom is 0.547 e. The largest absolute Gasteiger partial charge is 0.547 e. The third kappa shape index (κ3) is 1.48. The lowest BCUT2D eigenvalue weighted by atomic mass is 9.90. The van der Waals surface area contributed by atoms with Crippen molar-refractivity contribution in [1.82, 2.24) is 0 Å². The molecule has 0 saturated carbocycles. The van der Waals surface area contributed by atoms with Crippen LogP contribution in [0.4, 0.5) is 0 Å². The van der Waals surface area contributed by atoms with Crippen molar-refractivity contribution < 1.29 is 9.31 Å². The van der Waals surface area contributed by atoms with Gasteiger partial charge in [0.25, 0.3) is 0 Å². The van der Waals surface area contributed by atoms with E-state index in [0.717, 1.165) is 0 Å². The molecule has 66 valence electrons. The lowest BCUT2D eigenvalue weighted by molar-refractivity contribution is 0.00578. The van der Waals surface area contributed by atoms with Gasteiger partial charge >= 0.3 is 7.12 Å². The van der Waals surface area contributed by atoms with Crippen LogP contribution in [-0.2, 0) is 9.31 Å². The highest BCUT2D eigenvalue weighted by Crippen LogP contribution is 2.36. The van der Waals surface area contributed by atoms with Crippen molar-refractivity contribution in [3.63, 3.8) is 0 Å². The summed E-state index contributed by atoms with van der Waals surface area (Å²) in [6.45, 7) is 14.6. The van der Waals surface area contributed by atoms with Crippen LogP contribution in [0, 0.1) is 6.57 Å². The molecule has 0 unspecified atom stereocenters. The Morgan fingerprint density at radius 1 is 1.17 bits per heavy atom. The second-order valence-corrected chi connectivity index (χ2v) is 4.03. The van der Waals surface area contributed by atoms with E-state index in [9.17, 15) is 0 Å². The first-order chi connectivity index (χ1) is 5.39. The van der Waals surface area contributed by atoms with Gasteiger partial charge in [0.05, 0.1) is 11.2 Å². The van der Waals surface area contributed by atoms with Crippen LogP contribution in [0.1, 0.15) is 27.7 Å². The number of hydrogen-bond acceptors (Lipinski definition) is 2. The normalized spacial score (nSPS) is 25.4. The van der Waals surface area contributed by atoms with Crippen LogP contribution in [0.5, 0.6) is 0 Å². The third-order valence-electron chi connectivity index (χ3n) is 2.54. The minimum atomic E-state index is -0.354. The molecular formula is C8H14BNO2. The molecule has 12 heavy (non-hydrogen) atoms. The smallest absolute Gasteiger partial charge is 0.398 e. The third-order valence-corrected chi connectivity index (χ3v) is 2.54. The van der Waals surface area contributed by atoms with Crippen LogP contribution in [0.3, 0.4) is 0 Å². The standard InChI is InChI=1S/C8H14BNO2/c1-7(2)8(3,4)12-9(11-7)6-10-5/h6H2,1-4H3. The summed E-state index contributed by atoms with van der Waals surface area (Å²) in [5.74, 6) is 0. The first kappa shape index (κ1) is 9.56. The van der Waals surface area contributed by atoms with Crippen LogP contribution in [0.2, 0.25) is 0 Å². The molecule has 0 N–H and O–H groups in total. The fourth-order valence-corrected chi connectivity index (χ4v) is 1.11. The summed E-state index contributed by atoms with van der Waals surface area (Å²) in [5, 5.41) is 0. The van der Waals surface area contributed by atoms with E-state index >= 15 is 0 Å². The lowest BCUT2D eigenvalue weighted by Crippen LogP contribution is -2.41. The molecule has 3 nitrogen and oxygen atoms in total. The SMILES string of the molecule is [C-]#[N+]CB1OC(C)(C)C(C)(C)O1. The molecule has 0 aromatic rings. The molecule has 1 saturated heterocycles. The van der Waals surface area contributed by atoms with Crippen LogP contribution in [0.25, 0.3) is 4.85 Å². The van der Waals surface area contributed by atoms with Crippen LogP contribution < -0.4 is 0 Å². The highest BCUT2D eigenvalue weighted by atomic mass is 16.7. The number of hydrogen-bond donors (Lipinski definition) is 0. The molecule has 0 aliphatic carbocycles. The molecule has 0 radical (unpaired) electrons. The van der Waals surface area contributed by atoms with E-state index in [2.05, 4.69) is 4.85 Å². The van der Waals surface area contributed by atoms with Gasteiger partial charge in [0.2, 0.25) is 6.44 Å². The van der Waals surface area contributed by atoms with Crippen molar-refractivity contribution in [2.45, 2.75) is 38.9 Å². The van der Waals surface area contributed by atoms with Crippen molar-refractivity contribution in [2.75, 3.05) is 6.44 Å². The Morgan fingerprint density at radius 3 is 1.92 bits per heavy atom. The van der Waals surface area contributed by atoms with Crippen molar-refractivity contribution in [3.8, 4) is 0 Å². The van der Waals surface area contributed by atoms with Gasteiger partial charge in [-0.25, -0.2) is 6.57 Å². The van der Waals surface area contributed by atoms with Gasteiger partial charge in [-0.3, -0.25) is 0 Å². The van der Waals surface area contributed by atoms with Crippen molar-refractivity contribution in [1.29, 1.82) is 0 Å². The molecular weight excluding hydrogens is 153 g/mol. The van der Waals surface area contributed by atoms with E-state index in [0.29, 0.717) is 0 Å². The Hall–Kier alpha value is -0.525.